The molecule has 12 heteroatoms. The van der Waals surface area contributed by atoms with Crippen molar-refractivity contribution in [2.24, 2.45) is 0 Å². The maximum atomic E-state index is 13.1. The van der Waals surface area contributed by atoms with Crippen LogP contribution < -0.4 is 21.1 Å². The van der Waals surface area contributed by atoms with Crippen LogP contribution in [-0.2, 0) is 14.4 Å². The van der Waals surface area contributed by atoms with E-state index in [9.17, 15) is 29.1 Å². The number of aliphatic carboxylic acids is 1. The molecule has 1 unspecified atom stereocenters. The van der Waals surface area contributed by atoms with Gasteiger partial charge in [-0.15, -0.1) is 11.8 Å². The molecule has 170 valence electrons. The van der Waals surface area contributed by atoms with Crippen LogP contribution in [0.5, 0.6) is 0 Å². The molecular formula is C20H22N5O6S-. The maximum Gasteiger partial charge on any atom is 0.326 e. The van der Waals surface area contributed by atoms with Gasteiger partial charge in [0, 0.05) is 17.8 Å². The second-order valence-electron chi connectivity index (χ2n) is 8.24. The Morgan fingerprint density at radius 1 is 1.22 bits per heavy atom. The van der Waals surface area contributed by atoms with E-state index in [1.807, 2.05) is 0 Å². The van der Waals surface area contributed by atoms with Crippen molar-refractivity contribution in [3.8, 4) is 0 Å². The minimum Gasteiger partial charge on any atom is -0.548 e. The van der Waals surface area contributed by atoms with Crippen molar-refractivity contribution in [3.63, 3.8) is 0 Å². The first-order valence-electron chi connectivity index (χ1n) is 10.0. The Labute approximate surface area is 187 Å². The van der Waals surface area contributed by atoms with Crippen molar-refractivity contribution in [3.05, 3.63) is 35.9 Å². The van der Waals surface area contributed by atoms with Crippen LogP contribution >= 0.6 is 11.8 Å². The van der Waals surface area contributed by atoms with Crippen molar-refractivity contribution in [2.45, 2.75) is 42.1 Å². The highest BCUT2D eigenvalue weighted by Crippen LogP contribution is 2.50. The van der Waals surface area contributed by atoms with E-state index in [1.54, 1.807) is 44.2 Å². The Kier molecular flexibility index (Phi) is 5.49. The van der Waals surface area contributed by atoms with Crippen molar-refractivity contribution in [1.29, 1.82) is 0 Å². The van der Waals surface area contributed by atoms with Crippen molar-refractivity contribution in [2.75, 3.05) is 13.1 Å². The van der Waals surface area contributed by atoms with Gasteiger partial charge >= 0.3 is 12.1 Å². The predicted molar refractivity (Wildman–Crippen MR) is 111 cm³/mol. The van der Waals surface area contributed by atoms with E-state index in [0.29, 0.717) is 12.1 Å². The highest BCUT2D eigenvalue weighted by Gasteiger charge is 2.62. The quantitative estimate of drug-likeness (QED) is 0.465. The zero-order chi connectivity index (χ0) is 23.2. The van der Waals surface area contributed by atoms with Crippen LogP contribution in [0.2, 0.25) is 0 Å². The molecule has 0 spiro atoms. The van der Waals surface area contributed by atoms with Crippen molar-refractivity contribution in [1.82, 2.24) is 25.8 Å². The average Bonchev–Trinajstić information content (AvgIpc) is 3.29. The number of rotatable bonds is 5. The number of imide groups is 1. The molecule has 3 fully saturated rings. The third-order valence-corrected chi connectivity index (χ3v) is 7.30. The second kappa shape index (κ2) is 8.01. The van der Waals surface area contributed by atoms with Gasteiger partial charge in [0.1, 0.15) is 17.5 Å². The average molecular weight is 460 g/mol. The van der Waals surface area contributed by atoms with E-state index in [4.69, 9.17) is 0 Å². The molecule has 1 aromatic carbocycles. The van der Waals surface area contributed by atoms with E-state index >= 15 is 0 Å². The molecule has 0 radical (unpaired) electrons. The minimum atomic E-state index is -1.35. The monoisotopic (exact) mass is 460 g/mol. The number of thioether (sulfide) groups is 1. The third-order valence-electron chi connectivity index (χ3n) is 5.73. The van der Waals surface area contributed by atoms with Gasteiger partial charge in [-0.3, -0.25) is 9.59 Å². The molecule has 3 heterocycles. The van der Waals surface area contributed by atoms with Crippen molar-refractivity contribution >= 4 is 41.6 Å². The summed E-state index contributed by atoms with van der Waals surface area (Å²) in [7, 11) is 0. The highest BCUT2D eigenvalue weighted by molar-refractivity contribution is 8.01. The SMILES string of the molecule is CC1(C)S[C@@H]2[C@H](NC(=O)[C@H](NC(=O)N3CCNC3=O)c3ccccc3)C(=O)N2C1C(=O)[O-]. The molecule has 3 saturated heterocycles. The fraction of sp³-hybridized carbons (Fsp3) is 0.450. The van der Waals surface area contributed by atoms with E-state index in [0.717, 1.165) is 4.90 Å². The highest BCUT2D eigenvalue weighted by atomic mass is 32.2. The maximum absolute atomic E-state index is 13.1. The first kappa shape index (κ1) is 21.9. The number of nitrogens with one attached hydrogen (secondary N) is 3. The number of benzene rings is 1. The molecule has 3 N–H and O–H groups in total. The van der Waals surface area contributed by atoms with Crippen LogP contribution in [0, 0.1) is 0 Å². The lowest BCUT2D eigenvalue weighted by molar-refractivity contribution is -0.312. The number of β-lactam (4-membered cyclic amide) rings is 1. The summed E-state index contributed by atoms with van der Waals surface area (Å²) >= 11 is 1.27. The Morgan fingerprint density at radius 2 is 1.91 bits per heavy atom. The lowest BCUT2D eigenvalue weighted by atomic mass is 9.95. The molecular weight excluding hydrogens is 438 g/mol. The van der Waals surface area contributed by atoms with Gasteiger partial charge < -0.3 is 30.8 Å². The molecule has 3 aliphatic heterocycles. The largest absolute Gasteiger partial charge is 0.548 e. The number of hydrogen-bond donors (Lipinski definition) is 3. The fourth-order valence-corrected chi connectivity index (χ4v) is 5.80. The summed E-state index contributed by atoms with van der Waals surface area (Å²) in [5.74, 6) is -2.51. The zero-order valence-electron chi connectivity index (χ0n) is 17.4. The summed E-state index contributed by atoms with van der Waals surface area (Å²) in [5, 5.41) is 18.7. The van der Waals surface area contributed by atoms with Crippen molar-refractivity contribution < 1.29 is 29.1 Å². The van der Waals surface area contributed by atoms with Gasteiger partial charge in [0.25, 0.3) is 0 Å². The first-order valence-corrected chi connectivity index (χ1v) is 10.9. The number of hydrogen-bond acceptors (Lipinski definition) is 7. The second-order valence-corrected chi connectivity index (χ2v) is 10.0. The molecule has 3 aliphatic rings. The van der Waals surface area contributed by atoms with Gasteiger partial charge in [0.15, 0.2) is 0 Å². The summed E-state index contributed by atoms with van der Waals surface area (Å²) in [6.07, 6.45) is 0. The number of amides is 6. The fourth-order valence-electron chi connectivity index (χ4n) is 4.18. The first-order chi connectivity index (χ1) is 15.1. The molecule has 1 aromatic rings. The van der Waals surface area contributed by atoms with Gasteiger partial charge in [0.2, 0.25) is 11.8 Å². The van der Waals surface area contributed by atoms with Gasteiger partial charge in [0.05, 0.1) is 12.0 Å². The minimum absolute atomic E-state index is 0.169. The Bertz CT molecular complexity index is 986. The standard InChI is InChI=1S/C20H23N5O6S/c1-20(2)13(17(28)29)25-15(27)12(16(25)32-20)22-14(26)11(10-6-4-3-5-7-10)23-19(31)24-9-8-21-18(24)30/h3-7,11-13,16H,8-9H2,1-2H3,(H,21,30)(H,22,26)(H,23,31)(H,28,29)/p-1/t11-,12-,13?,16-/m1/s1. The van der Waals surface area contributed by atoms with E-state index < -0.39 is 58.1 Å². The van der Waals surface area contributed by atoms with Crippen LogP contribution in [0.15, 0.2) is 30.3 Å². The van der Waals surface area contributed by atoms with Gasteiger partial charge in [-0.25, -0.2) is 14.5 Å². The molecule has 11 nitrogen and oxygen atoms in total. The number of nitrogens with zero attached hydrogens (tertiary/aromatic N) is 2. The van der Waals surface area contributed by atoms with E-state index in [1.165, 1.54) is 16.7 Å². The number of carboxylic acids is 1. The zero-order valence-corrected chi connectivity index (χ0v) is 18.2. The predicted octanol–water partition coefficient (Wildman–Crippen LogP) is -1.24. The number of carbonyl (C=O) groups excluding carboxylic acids is 5. The third kappa shape index (κ3) is 3.64. The lowest BCUT2D eigenvalue weighted by Crippen LogP contribution is -2.72. The van der Waals surface area contributed by atoms with Gasteiger partial charge in [-0.05, 0) is 19.4 Å². The van der Waals surface area contributed by atoms with Crippen LogP contribution in [0.1, 0.15) is 25.5 Å². The molecule has 6 amide bonds. The van der Waals surface area contributed by atoms with E-state index in [2.05, 4.69) is 16.0 Å². The summed E-state index contributed by atoms with van der Waals surface area (Å²) < 4.78 is -0.783. The number of carbonyl (C=O) groups is 5. The normalized spacial score (nSPS) is 26.6. The molecule has 0 bridgehead atoms. The number of urea groups is 2. The summed E-state index contributed by atoms with van der Waals surface area (Å²) in [6, 6.07) is 3.93. The van der Waals surface area contributed by atoms with Gasteiger partial charge in [-0.1, -0.05) is 30.3 Å². The molecule has 0 aromatic heterocycles. The van der Waals surface area contributed by atoms with Crippen LogP contribution in [0.4, 0.5) is 9.59 Å². The Morgan fingerprint density at radius 3 is 2.50 bits per heavy atom. The molecule has 4 atom stereocenters. The molecule has 0 aliphatic carbocycles. The van der Waals surface area contributed by atoms with Crippen LogP contribution in [0.25, 0.3) is 0 Å². The number of carboxylic acid groups (broad SMARTS) is 1. The smallest absolute Gasteiger partial charge is 0.326 e. The Hall–Kier alpha value is -3.28. The van der Waals surface area contributed by atoms with Crippen LogP contribution in [0.3, 0.4) is 0 Å². The molecule has 4 rings (SSSR count). The summed E-state index contributed by atoms with van der Waals surface area (Å²) in [4.78, 5) is 63.9. The van der Waals surface area contributed by atoms with E-state index in [-0.39, 0.29) is 6.54 Å². The van der Waals surface area contributed by atoms with Crippen LogP contribution in [-0.4, -0.2) is 74.9 Å². The Balaban J connectivity index is 1.51. The molecule has 32 heavy (non-hydrogen) atoms. The topological polar surface area (TPSA) is 151 Å². The summed E-state index contributed by atoms with van der Waals surface area (Å²) in [6.45, 7) is 3.89. The number of fused-ring (bicyclic) bond motifs is 1. The summed E-state index contributed by atoms with van der Waals surface area (Å²) in [5.41, 5.74) is 0.466. The molecule has 0 saturated carbocycles. The van der Waals surface area contributed by atoms with Gasteiger partial charge in [-0.2, -0.15) is 0 Å². The lowest BCUT2D eigenvalue weighted by Gasteiger charge is -2.45.